The van der Waals surface area contributed by atoms with E-state index in [4.69, 9.17) is 0 Å². The molecule has 1 amide bonds. The molecule has 0 bridgehead atoms. The Bertz CT molecular complexity index is 1130. The van der Waals surface area contributed by atoms with Crippen LogP contribution in [0.15, 0.2) is 85.1 Å². The van der Waals surface area contributed by atoms with Gasteiger partial charge in [0.2, 0.25) is 5.91 Å². The number of amides is 1. The highest BCUT2D eigenvalue weighted by Gasteiger charge is 2.43. The van der Waals surface area contributed by atoms with E-state index >= 15 is 0 Å². The summed E-state index contributed by atoms with van der Waals surface area (Å²) in [6, 6.07) is 26.8. The van der Waals surface area contributed by atoms with Gasteiger partial charge in [-0.25, -0.2) is 0 Å². The van der Waals surface area contributed by atoms with Crippen LogP contribution < -0.4 is 5.32 Å². The van der Waals surface area contributed by atoms with E-state index in [1.807, 2.05) is 41.2 Å². The zero-order valence-corrected chi connectivity index (χ0v) is 15.5. The summed E-state index contributed by atoms with van der Waals surface area (Å²) in [5.41, 5.74) is 2.45. The van der Waals surface area contributed by atoms with Crippen molar-refractivity contribution >= 4 is 22.5 Å². The zero-order chi connectivity index (χ0) is 18.9. The fourth-order valence-electron chi connectivity index (χ4n) is 3.89. The van der Waals surface area contributed by atoms with Crippen LogP contribution in [0.25, 0.3) is 10.8 Å². The number of nitrogens with zero attached hydrogens (tertiary/aromatic N) is 2. The molecular formula is C24H21N3O. The Labute approximate surface area is 163 Å². The molecule has 4 nitrogen and oxygen atoms in total. The summed E-state index contributed by atoms with van der Waals surface area (Å²) in [7, 11) is 0. The van der Waals surface area contributed by atoms with Crippen molar-refractivity contribution in [3.8, 4) is 0 Å². The van der Waals surface area contributed by atoms with Crippen molar-refractivity contribution in [1.29, 1.82) is 0 Å². The van der Waals surface area contributed by atoms with Gasteiger partial charge in [0.25, 0.3) is 0 Å². The Kier molecular flexibility index (Phi) is 4.17. The quantitative estimate of drug-likeness (QED) is 0.549. The van der Waals surface area contributed by atoms with Gasteiger partial charge in [-0.2, -0.15) is 5.10 Å². The Balaban J connectivity index is 1.26. The second-order valence-electron chi connectivity index (χ2n) is 7.39. The van der Waals surface area contributed by atoms with E-state index in [1.165, 1.54) is 21.9 Å². The first-order valence-corrected chi connectivity index (χ1v) is 9.64. The largest absolute Gasteiger partial charge is 0.309 e. The van der Waals surface area contributed by atoms with Crippen LogP contribution in [0, 0.1) is 5.92 Å². The van der Waals surface area contributed by atoms with E-state index in [9.17, 15) is 4.79 Å². The lowest BCUT2D eigenvalue weighted by Gasteiger charge is -2.07. The lowest BCUT2D eigenvalue weighted by atomic mass is 10.0. The molecule has 0 saturated heterocycles. The van der Waals surface area contributed by atoms with Crippen LogP contribution in [0.1, 0.15) is 23.5 Å². The molecule has 0 aliphatic heterocycles. The third-order valence-corrected chi connectivity index (χ3v) is 5.46. The van der Waals surface area contributed by atoms with Crippen LogP contribution in [0.5, 0.6) is 0 Å². The third-order valence-electron chi connectivity index (χ3n) is 5.46. The van der Waals surface area contributed by atoms with Gasteiger partial charge in [0.05, 0.1) is 6.54 Å². The van der Waals surface area contributed by atoms with Gasteiger partial charge < -0.3 is 5.32 Å². The maximum Gasteiger partial charge on any atom is 0.229 e. The highest BCUT2D eigenvalue weighted by molar-refractivity contribution is 5.94. The van der Waals surface area contributed by atoms with Crippen molar-refractivity contribution in [2.45, 2.75) is 18.9 Å². The summed E-state index contributed by atoms with van der Waals surface area (Å²) in [5.74, 6) is 1.05. The molecule has 1 heterocycles. The van der Waals surface area contributed by atoms with Crippen LogP contribution in [0.3, 0.4) is 0 Å². The minimum atomic E-state index is 0.0469. The molecule has 1 aliphatic rings. The van der Waals surface area contributed by atoms with Crippen molar-refractivity contribution in [1.82, 2.24) is 9.78 Å². The maximum absolute atomic E-state index is 12.5. The van der Waals surface area contributed by atoms with E-state index < -0.39 is 0 Å². The van der Waals surface area contributed by atoms with E-state index in [2.05, 4.69) is 58.9 Å². The molecule has 1 N–H and O–H groups in total. The molecule has 0 unspecified atom stereocenters. The van der Waals surface area contributed by atoms with E-state index in [1.54, 1.807) is 0 Å². The van der Waals surface area contributed by atoms with Gasteiger partial charge in [-0.1, -0.05) is 72.8 Å². The number of anilines is 1. The number of nitrogens with one attached hydrogen (secondary N) is 1. The Morgan fingerprint density at radius 3 is 2.64 bits per heavy atom. The number of fused-ring (bicyclic) bond motifs is 1. The molecule has 4 aromatic rings. The summed E-state index contributed by atoms with van der Waals surface area (Å²) >= 11 is 0. The van der Waals surface area contributed by atoms with Crippen LogP contribution in [0.4, 0.5) is 5.82 Å². The summed E-state index contributed by atoms with van der Waals surface area (Å²) < 4.78 is 1.87. The van der Waals surface area contributed by atoms with Crippen LogP contribution >= 0.6 is 0 Å². The predicted molar refractivity (Wildman–Crippen MR) is 111 cm³/mol. The van der Waals surface area contributed by atoms with Crippen molar-refractivity contribution < 1.29 is 4.79 Å². The summed E-state index contributed by atoms with van der Waals surface area (Å²) in [6.45, 7) is 0.674. The maximum atomic E-state index is 12.5. The van der Waals surface area contributed by atoms with Gasteiger partial charge in [-0.15, -0.1) is 0 Å². The van der Waals surface area contributed by atoms with Crippen LogP contribution in [-0.2, 0) is 11.3 Å². The summed E-state index contributed by atoms with van der Waals surface area (Å²) in [6.07, 6.45) is 2.82. The fourth-order valence-corrected chi connectivity index (χ4v) is 3.89. The van der Waals surface area contributed by atoms with E-state index in [0.717, 1.165) is 6.42 Å². The Morgan fingerprint density at radius 2 is 1.75 bits per heavy atom. The van der Waals surface area contributed by atoms with Gasteiger partial charge in [-0.3, -0.25) is 9.48 Å². The molecule has 0 radical (unpaired) electrons. The monoisotopic (exact) mass is 367 g/mol. The molecule has 1 aliphatic carbocycles. The molecule has 1 aromatic heterocycles. The normalized spacial score (nSPS) is 18.1. The molecule has 1 saturated carbocycles. The minimum Gasteiger partial charge on any atom is -0.309 e. The van der Waals surface area contributed by atoms with Gasteiger partial charge in [-0.05, 0) is 34.2 Å². The number of carbonyl (C=O) groups excluding carboxylic acids is 1. The molecule has 2 atom stereocenters. The number of carbonyl (C=O) groups is 1. The first-order valence-electron chi connectivity index (χ1n) is 9.64. The van der Waals surface area contributed by atoms with Gasteiger partial charge >= 0.3 is 0 Å². The molecular weight excluding hydrogens is 346 g/mol. The van der Waals surface area contributed by atoms with Crippen LogP contribution in [-0.4, -0.2) is 15.7 Å². The Morgan fingerprint density at radius 1 is 0.964 bits per heavy atom. The Hall–Kier alpha value is -3.40. The minimum absolute atomic E-state index is 0.0469. The highest BCUT2D eigenvalue weighted by atomic mass is 16.2. The van der Waals surface area contributed by atoms with Crippen LogP contribution in [0.2, 0.25) is 0 Å². The van der Waals surface area contributed by atoms with Crippen molar-refractivity contribution in [2.24, 2.45) is 5.92 Å². The average Bonchev–Trinajstić information content (AvgIpc) is 3.43. The topological polar surface area (TPSA) is 46.9 Å². The lowest BCUT2D eigenvalue weighted by Crippen LogP contribution is -2.15. The summed E-state index contributed by atoms with van der Waals surface area (Å²) in [4.78, 5) is 12.5. The number of hydrogen-bond acceptors (Lipinski definition) is 2. The lowest BCUT2D eigenvalue weighted by molar-refractivity contribution is -0.117. The number of aromatic nitrogens is 2. The molecule has 3 aromatic carbocycles. The van der Waals surface area contributed by atoms with Gasteiger partial charge in [0, 0.05) is 18.2 Å². The molecule has 28 heavy (non-hydrogen) atoms. The van der Waals surface area contributed by atoms with Crippen molar-refractivity contribution in [3.05, 3.63) is 96.2 Å². The SMILES string of the molecule is O=C(Nc1ccn(Cc2cccc3ccccc23)n1)[C@@H]1C[C@@H]1c1ccccc1. The molecule has 5 rings (SSSR count). The second-order valence-corrected chi connectivity index (χ2v) is 7.39. The molecule has 138 valence electrons. The fraction of sp³-hybridized carbons (Fsp3) is 0.167. The van der Waals surface area contributed by atoms with Gasteiger partial charge in [0.15, 0.2) is 5.82 Å². The summed E-state index contributed by atoms with van der Waals surface area (Å²) in [5, 5.41) is 9.98. The second kappa shape index (κ2) is 6.97. The first-order chi connectivity index (χ1) is 13.8. The van der Waals surface area contributed by atoms with E-state index in [0.29, 0.717) is 18.3 Å². The molecule has 4 heteroatoms. The third kappa shape index (κ3) is 3.29. The van der Waals surface area contributed by atoms with E-state index in [-0.39, 0.29) is 11.8 Å². The number of hydrogen-bond donors (Lipinski definition) is 1. The number of benzene rings is 3. The van der Waals surface area contributed by atoms with Gasteiger partial charge in [0.1, 0.15) is 0 Å². The zero-order valence-electron chi connectivity index (χ0n) is 15.5. The highest BCUT2D eigenvalue weighted by Crippen LogP contribution is 2.47. The molecule has 0 spiro atoms. The predicted octanol–water partition coefficient (Wildman–Crippen LogP) is 4.83. The first kappa shape index (κ1) is 16.8. The number of rotatable bonds is 5. The van der Waals surface area contributed by atoms with Crippen molar-refractivity contribution in [3.63, 3.8) is 0 Å². The average molecular weight is 367 g/mol. The van der Waals surface area contributed by atoms with Crippen molar-refractivity contribution in [2.75, 3.05) is 5.32 Å². The molecule has 1 fully saturated rings. The smallest absolute Gasteiger partial charge is 0.229 e. The standard InChI is InChI=1S/C24H21N3O/c28-24(22-15-21(22)18-7-2-1-3-8-18)25-23-13-14-27(26-23)16-19-11-6-10-17-9-4-5-12-20(17)19/h1-14,21-22H,15-16H2,(H,25,26,28)/t21-,22-/m1/s1.